The molecule has 0 saturated heterocycles. The van der Waals surface area contributed by atoms with Crippen molar-refractivity contribution in [2.75, 3.05) is 24.1 Å². The van der Waals surface area contributed by atoms with E-state index >= 15 is 0 Å². The third kappa shape index (κ3) is 4.46. The Kier molecular flexibility index (Phi) is 5.57. The molecular formula is C15H20N4OS. The fourth-order valence-electron chi connectivity index (χ4n) is 1.94. The number of hydrogen-bond acceptors (Lipinski definition) is 5. The number of amides is 1. The van der Waals surface area contributed by atoms with Crippen LogP contribution < -0.4 is 16.4 Å². The van der Waals surface area contributed by atoms with E-state index in [1.807, 2.05) is 25.1 Å². The van der Waals surface area contributed by atoms with Gasteiger partial charge in [0, 0.05) is 13.1 Å². The van der Waals surface area contributed by atoms with E-state index in [2.05, 4.69) is 27.8 Å². The van der Waals surface area contributed by atoms with Gasteiger partial charge in [-0.2, -0.15) is 0 Å². The number of carbonyl (C=O) groups excluding carboxylic acids is 1. The molecule has 0 fully saturated rings. The molecule has 1 amide bonds. The van der Waals surface area contributed by atoms with Crippen molar-refractivity contribution in [1.82, 2.24) is 10.3 Å². The van der Waals surface area contributed by atoms with Crippen LogP contribution in [0.3, 0.4) is 0 Å². The molecule has 0 spiro atoms. The molecule has 1 aromatic carbocycles. The van der Waals surface area contributed by atoms with Gasteiger partial charge in [-0.05, 0) is 25.3 Å². The van der Waals surface area contributed by atoms with Crippen LogP contribution in [0.2, 0.25) is 0 Å². The molecule has 0 aliphatic heterocycles. The Morgan fingerprint density at radius 2 is 2.10 bits per heavy atom. The molecule has 112 valence electrons. The Hall–Kier alpha value is -2.08. The van der Waals surface area contributed by atoms with E-state index < -0.39 is 0 Å². The standard InChI is InChI=1S/C15H20N4OS/c1-2-17-15-19-13(16)12(21-15)14(20)18-10-6-9-11-7-4-3-5-8-11/h3-5,7-8H,2,6,9-10,16H2,1H3,(H,17,19)(H,18,20). The van der Waals surface area contributed by atoms with Crippen LogP contribution in [0.1, 0.15) is 28.6 Å². The van der Waals surface area contributed by atoms with Gasteiger partial charge in [-0.25, -0.2) is 4.98 Å². The summed E-state index contributed by atoms with van der Waals surface area (Å²) in [5, 5.41) is 6.63. The monoisotopic (exact) mass is 304 g/mol. The topological polar surface area (TPSA) is 80.0 Å². The first-order valence-corrected chi connectivity index (χ1v) is 7.84. The highest BCUT2D eigenvalue weighted by Gasteiger charge is 2.15. The zero-order valence-electron chi connectivity index (χ0n) is 12.1. The van der Waals surface area contributed by atoms with Gasteiger partial charge in [-0.15, -0.1) is 0 Å². The summed E-state index contributed by atoms with van der Waals surface area (Å²) in [4.78, 5) is 16.6. The van der Waals surface area contributed by atoms with Crippen molar-refractivity contribution in [3.05, 3.63) is 40.8 Å². The highest BCUT2D eigenvalue weighted by Crippen LogP contribution is 2.24. The molecule has 5 nitrogen and oxygen atoms in total. The summed E-state index contributed by atoms with van der Waals surface area (Å²) in [6.45, 7) is 3.35. The molecule has 0 saturated carbocycles. The number of benzene rings is 1. The average molecular weight is 304 g/mol. The second kappa shape index (κ2) is 7.64. The summed E-state index contributed by atoms with van der Waals surface area (Å²) in [7, 11) is 0. The van der Waals surface area contributed by atoms with E-state index in [1.165, 1.54) is 16.9 Å². The maximum Gasteiger partial charge on any atom is 0.265 e. The van der Waals surface area contributed by atoms with Crippen molar-refractivity contribution in [3.63, 3.8) is 0 Å². The van der Waals surface area contributed by atoms with Crippen LogP contribution in [-0.2, 0) is 6.42 Å². The summed E-state index contributed by atoms with van der Waals surface area (Å²) >= 11 is 1.29. The van der Waals surface area contributed by atoms with E-state index in [4.69, 9.17) is 5.73 Å². The summed E-state index contributed by atoms with van der Waals surface area (Å²) in [5.74, 6) is 0.138. The Morgan fingerprint density at radius 1 is 1.33 bits per heavy atom. The second-order valence-corrected chi connectivity index (χ2v) is 5.61. The number of hydrogen-bond donors (Lipinski definition) is 3. The third-order valence-corrected chi connectivity index (χ3v) is 3.99. The molecule has 21 heavy (non-hydrogen) atoms. The van der Waals surface area contributed by atoms with Gasteiger partial charge < -0.3 is 16.4 Å². The number of anilines is 2. The van der Waals surface area contributed by atoms with Gasteiger partial charge in [0.15, 0.2) is 5.13 Å². The third-order valence-electron chi connectivity index (χ3n) is 2.96. The SMILES string of the molecule is CCNc1nc(N)c(C(=O)NCCCc2ccccc2)s1. The predicted molar refractivity (Wildman–Crippen MR) is 87.8 cm³/mol. The number of nitrogens with one attached hydrogen (secondary N) is 2. The van der Waals surface area contributed by atoms with E-state index in [0.29, 0.717) is 16.6 Å². The van der Waals surface area contributed by atoms with Gasteiger partial charge in [0.05, 0.1) is 0 Å². The van der Waals surface area contributed by atoms with Gasteiger partial charge >= 0.3 is 0 Å². The van der Waals surface area contributed by atoms with Crippen molar-refractivity contribution in [3.8, 4) is 0 Å². The maximum absolute atomic E-state index is 12.0. The Labute approximate surface area is 128 Å². The van der Waals surface area contributed by atoms with E-state index in [-0.39, 0.29) is 11.7 Å². The van der Waals surface area contributed by atoms with Crippen LogP contribution in [0.15, 0.2) is 30.3 Å². The second-order valence-electron chi connectivity index (χ2n) is 4.61. The lowest BCUT2D eigenvalue weighted by Crippen LogP contribution is -2.24. The van der Waals surface area contributed by atoms with Crippen LogP contribution in [-0.4, -0.2) is 24.0 Å². The highest BCUT2D eigenvalue weighted by molar-refractivity contribution is 7.18. The molecule has 1 heterocycles. The first-order valence-electron chi connectivity index (χ1n) is 7.03. The Bertz CT molecular complexity index is 583. The lowest BCUT2D eigenvalue weighted by Gasteiger charge is -2.04. The fourth-order valence-corrected chi connectivity index (χ4v) is 2.81. The normalized spacial score (nSPS) is 10.3. The number of nitrogens with two attached hydrogens (primary N) is 1. The smallest absolute Gasteiger partial charge is 0.265 e. The first-order chi connectivity index (χ1) is 10.2. The van der Waals surface area contributed by atoms with E-state index in [9.17, 15) is 4.79 Å². The molecule has 1 aromatic heterocycles. The zero-order valence-corrected chi connectivity index (χ0v) is 12.9. The fraction of sp³-hybridized carbons (Fsp3) is 0.333. The molecule has 0 unspecified atom stereocenters. The maximum atomic E-state index is 12.0. The minimum absolute atomic E-state index is 0.151. The number of carbonyl (C=O) groups is 1. The zero-order chi connectivity index (χ0) is 15.1. The molecular weight excluding hydrogens is 284 g/mol. The Balaban J connectivity index is 1.79. The number of thiazole rings is 1. The molecule has 0 aliphatic carbocycles. The minimum Gasteiger partial charge on any atom is -0.382 e. The number of nitrogen functional groups attached to an aromatic ring is 1. The largest absolute Gasteiger partial charge is 0.382 e. The quantitative estimate of drug-likeness (QED) is 0.687. The lowest BCUT2D eigenvalue weighted by atomic mass is 10.1. The van der Waals surface area contributed by atoms with Crippen LogP contribution in [0, 0.1) is 0 Å². The van der Waals surface area contributed by atoms with Gasteiger partial charge in [-0.3, -0.25) is 4.79 Å². The lowest BCUT2D eigenvalue weighted by molar-refractivity contribution is 0.0958. The highest BCUT2D eigenvalue weighted by atomic mass is 32.1. The molecule has 0 bridgehead atoms. The number of aryl methyl sites for hydroxylation is 1. The van der Waals surface area contributed by atoms with Crippen LogP contribution in [0.4, 0.5) is 10.9 Å². The molecule has 0 aliphatic rings. The average Bonchev–Trinajstić information content (AvgIpc) is 2.86. The summed E-state index contributed by atoms with van der Waals surface area (Å²) in [5.41, 5.74) is 7.04. The van der Waals surface area contributed by atoms with Crippen molar-refractivity contribution in [2.24, 2.45) is 0 Å². The predicted octanol–water partition coefficient (Wildman–Crippen LogP) is 2.52. The molecule has 4 N–H and O–H groups in total. The van der Waals surface area contributed by atoms with E-state index in [1.54, 1.807) is 0 Å². The van der Waals surface area contributed by atoms with Crippen LogP contribution in [0.25, 0.3) is 0 Å². The van der Waals surface area contributed by atoms with Crippen molar-refractivity contribution >= 4 is 28.2 Å². The number of aromatic nitrogens is 1. The van der Waals surface area contributed by atoms with Crippen molar-refractivity contribution in [1.29, 1.82) is 0 Å². The molecule has 2 rings (SSSR count). The van der Waals surface area contributed by atoms with Gasteiger partial charge in [0.1, 0.15) is 10.7 Å². The summed E-state index contributed by atoms with van der Waals surface area (Å²) in [6, 6.07) is 10.2. The van der Waals surface area contributed by atoms with Crippen molar-refractivity contribution < 1.29 is 4.79 Å². The van der Waals surface area contributed by atoms with Crippen LogP contribution in [0.5, 0.6) is 0 Å². The Morgan fingerprint density at radius 3 is 2.81 bits per heavy atom. The molecule has 0 radical (unpaired) electrons. The summed E-state index contributed by atoms with van der Waals surface area (Å²) < 4.78 is 0. The summed E-state index contributed by atoms with van der Waals surface area (Å²) in [6.07, 6.45) is 1.84. The molecule has 2 aromatic rings. The van der Waals surface area contributed by atoms with Gasteiger partial charge in [0.2, 0.25) is 0 Å². The van der Waals surface area contributed by atoms with Crippen LogP contribution >= 0.6 is 11.3 Å². The number of rotatable bonds is 7. The van der Waals surface area contributed by atoms with Gasteiger partial charge in [0.25, 0.3) is 5.91 Å². The number of nitrogens with zero attached hydrogens (tertiary/aromatic N) is 1. The minimum atomic E-state index is -0.151. The molecule has 6 heteroatoms. The van der Waals surface area contributed by atoms with Gasteiger partial charge in [-0.1, -0.05) is 41.7 Å². The molecule has 0 atom stereocenters. The van der Waals surface area contributed by atoms with Crippen molar-refractivity contribution in [2.45, 2.75) is 19.8 Å². The first kappa shape index (κ1) is 15.3. The van der Waals surface area contributed by atoms with E-state index in [0.717, 1.165) is 19.4 Å².